The van der Waals surface area contributed by atoms with Gasteiger partial charge in [0, 0.05) is 6.42 Å². The predicted molar refractivity (Wildman–Crippen MR) is 81.5 cm³/mol. The smallest absolute Gasteiger partial charge is 0.303 e. The van der Waals surface area contributed by atoms with Crippen molar-refractivity contribution < 1.29 is 19.8 Å². The summed E-state index contributed by atoms with van der Waals surface area (Å²) >= 11 is 0. The quantitative estimate of drug-likeness (QED) is 0.642. The zero-order valence-corrected chi connectivity index (χ0v) is 12.5. The van der Waals surface area contributed by atoms with Gasteiger partial charge in [-0.15, -0.1) is 0 Å². The Bertz CT molecular complexity index is 450. The Morgan fingerprint density at radius 3 is 2.24 bits per heavy atom. The van der Waals surface area contributed by atoms with Crippen LogP contribution in [0, 0.1) is 0 Å². The van der Waals surface area contributed by atoms with Crippen molar-refractivity contribution >= 4 is 11.9 Å². The lowest BCUT2D eigenvalue weighted by atomic mass is 9.90. The highest BCUT2D eigenvalue weighted by Crippen LogP contribution is 2.25. The molecule has 0 spiro atoms. The van der Waals surface area contributed by atoms with Gasteiger partial charge in [-0.1, -0.05) is 37.6 Å². The van der Waals surface area contributed by atoms with Crippen LogP contribution in [0.2, 0.25) is 0 Å². The van der Waals surface area contributed by atoms with Gasteiger partial charge in [-0.2, -0.15) is 0 Å². The maximum atomic E-state index is 10.9. The Morgan fingerprint density at radius 1 is 1.05 bits per heavy atom. The number of carbonyl (C=O) groups is 2. The SMILES string of the molecule is CCCC(CC(=O)O)c1ccc(CCCCC(=O)O)cc1. The second-order valence-corrected chi connectivity index (χ2v) is 5.43. The highest BCUT2D eigenvalue weighted by molar-refractivity contribution is 5.68. The Kier molecular flexibility index (Phi) is 7.51. The molecule has 0 aliphatic heterocycles. The van der Waals surface area contributed by atoms with Crippen molar-refractivity contribution in [3.63, 3.8) is 0 Å². The molecule has 4 heteroatoms. The summed E-state index contributed by atoms with van der Waals surface area (Å²) in [6, 6.07) is 8.08. The highest BCUT2D eigenvalue weighted by atomic mass is 16.4. The highest BCUT2D eigenvalue weighted by Gasteiger charge is 2.14. The van der Waals surface area contributed by atoms with Crippen LogP contribution in [-0.4, -0.2) is 22.2 Å². The van der Waals surface area contributed by atoms with E-state index in [4.69, 9.17) is 10.2 Å². The summed E-state index contributed by atoms with van der Waals surface area (Å²) in [6.07, 6.45) is 4.65. The number of aryl methyl sites for hydroxylation is 1. The molecule has 0 amide bonds. The molecule has 0 aliphatic carbocycles. The van der Waals surface area contributed by atoms with E-state index >= 15 is 0 Å². The molecular weight excluding hydrogens is 268 g/mol. The maximum absolute atomic E-state index is 10.9. The second-order valence-electron chi connectivity index (χ2n) is 5.43. The van der Waals surface area contributed by atoms with E-state index in [-0.39, 0.29) is 18.8 Å². The zero-order chi connectivity index (χ0) is 15.7. The minimum Gasteiger partial charge on any atom is -0.481 e. The van der Waals surface area contributed by atoms with Gasteiger partial charge in [0.1, 0.15) is 0 Å². The summed E-state index contributed by atoms with van der Waals surface area (Å²) in [5.74, 6) is -1.43. The standard InChI is InChI=1S/C17H24O4/c1-2-5-15(12-17(20)21)14-10-8-13(9-11-14)6-3-4-7-16(18)19/h8-11,15H,2-7,12H2,1H3,(H,18,19)(H,20,21). The molecule has 0 aliphatic rings. The molecule has 1 atom stereocenters. The molecule has 0 saturated carbocycles. The third-order valence-corrected chi connectivity index (χ3v) is 3.62. The number of aliphatic carboxylic acids is 2. The number of carboxylic acid groups (broad SMARTS) is 2. The van der Waals surface area contributed by atoms with Crippen LogP contribution in [0.15, 0.2) is 24.3 Å². The van der Waals surface area contributed by atoms with Gasteiger partial charge >= 0.3 is 11.9 Å². The van der Waals surface area contributed by atoms with E-state index in [0.29, 0.717) is 6.42 Å². The molecule has 0 bridgehead atoms. The summed E-state index contributed by atoms with van der Waals surface area (Å²) in [6.45, 7) is 2.06. The summed E-state index contributed by atoms with van der Waals surface area (Å²) in [5.41, 5.74) is 2.25. The molecule has 2 N–H and O–H groups in total. The van der Waals surface area contributed by atoms with Crippen molar-refractivity contribution in [1.82, 2.24) is 0 Å². The largest absolute Gasteiger partial charge is 0.481 e. The minimum absolute atomic E-state index is 0.0774. The van der Waals surface area contributed by atoms with Crippen LogP contribution in [0.25, 0.3) is 0 Å². The van der Waals surface area contributed by atoms with Crippen LogP contribution in [-0.2, 0) is 16.0 Å². The molecule has 1 unspecified atom stereocenters. The fraction of sp³-hybridized carbons (Fsp3) is 0.529. The van der Waals surface area contributed by atoms with Gasteiger partial charge in [0.25, 0.3) is 0 Å². The average Bonchev–Trinajstić information content (AvgIpc) is 2.43. The summed E-state index contributed by atoms with van der Waals surface area (Å²) in [5, 5.41) is 17.5. The molecule has 0 saturated heterocycles. The first-order valence-electron chi connectivity index (χ1n) is 7.55. The molecule has 0 aromatic heterocycles. The molecule has 0 radical (unpaired) electrons. The van der Waals surface area contributed by atoms with Crippen LogP contribution in [0.3, 0.4) is 0 Å². The first-order valence-corrected chi connectivity index (χ1v) is 7.55. The van der Waals surface area contributed by atoms with Crippen molar-refractivity contribution in [2.45, 2.75) is 57.8 Å². The van der Waals surface area contributed by atoms with Gasteiger partial charge in [0.05, 0.1) is 6.42 Å². The van der Waals surface area contributed by atoms with Gasteiger partial charge < -0.3 is 10.2 Å². The molecule has 0 heterocycles. The van der Waals surface area contributed by atoms with E-state index in [1.807, 2.05) is 24.3 Å². The predicted octanol–water partition coefficient (Wildman–Crippen LogP) is 3.84. The number of rotatable bonds is 10. The third-order valence-electron chi connectivity index (χ3n) is 3.62. The van der Waals surface area contributed by atoms with Crippen molar-refractivity contribution in [3.05, 3.63) is 35.4 Å². The lowest BCUT2D eigenvalue weighted by Gasteiger charge is -2.14. The summed E-state index contributed by atoms with van der Waals surface area (Å²) in [4.78, 5) is 21.3. The van der Waals surface area contributed by atoms with Crippen molar-refractivity contribution in [2.24, 2.45) is 0 Å². The van der Waals surface area contributed by atoms with Crippen LogP contribution in [0.5, 0.6) is 0 Å². The van der Waals surface area contributed by atoms with Gasteiger partial charge in [0.15, 0.2) is 0 Å². The number of hydrogen-bond donors (Lipinski definition) is 2. The van der Waals surface area contributed by atoms with E-state index < -0.39 is 11.9 Å². The molecule has 1 aromatic carbocycles. The van der Waals surface area contributed by atoms with E-state index in [1.54, 1.807) is 0 Å². The number of unbranched alkanes of at least 4 members (excludes halogenated alkanes) is 1. The molecule has 116 valence electrons. The lowest BCUT2D eigenvalue weighted by molar-refractivity contribution is -0.138. The monoisotopic (exact) mass is 292 g/mol. The molecule has 1 rings (SSSR count). The van der Waals surface area contributed by atoms with Gasteiger partial charge in [0.2, 0.25) is 0 Å². The number of benzene rings is 1. The van der Waals surface area contributed by atoms with Crippen LogP contribution < -0.4 is 0 Å². The van der Waals surface area contributed by atoms with Crippen LogP contribution in [0.4, 0.5) is 0 Å². The Labute approximate surface area is 125 Å². The third kappa shape index (κ3) is 6.93. The Hall–Kier alpha value is -1.84. The zero-order valence-electron chi connectivity index (χ0n) is 12.5. The number of carboxylic acids is 2. The van der Waals surface area contributed by atoms with Crippen LogP contribution in [0.1, 0.15) is 62.5 Å². The molecule has 0 fully saturated rings. The van der Waals surface area contributed by atoms with Crippen molar-refractivity contribution in [1.29, 1.82) is 0 Å². The molecule has 4 nitrogen and oxygen atoms in total. The Balaban J connectivity index is 2.54. The maximum Gasteiger partial charge on any atom is 0.303 e. The average molecular weight is 292 g/mol. The van der Waals surface area contributed by atoms with Crippen molar-refractivity contribution in [2.75, 3.05) is 0 Å². The number of hydrogen-bond acceptors (Lipinski definition) is 2. The van der Waals surface area contributed by atoms with E-state index in [9.17, 15) is 9.59 Å². The molecule has 21 heavy (non-hydrogen) atoms. The van der Waals surface area contributed by atoms with Gasteiger partial charge in [-0.3, -0.25) is 9.59 Å². The van der Waals surface area contributed by atoms with E-state index in [0.717, 1.165) is 31.2 Å². The van der Waals surface area contributed by atoms with Crippen molar-refractivity contribution in [3.8, 4) is 0 Å². The first-order chi connectivity index (χ1) is 10.0. The fourth-order valence-electron chi connectivity index (χ4n) is 2.51. The normalized spacial score (nSPS) is 12.0. The molecule has 1 aromatic rings. The van der Waals surface area contributed by atoms with E-state index in [2.05, 4.69) is 6.92 Å². The summed E-state index contributed by atoms with van der Waals surface area (Å²) in [7, 11) is 0. The molecular formula is C17H24O4. The topological polar surface area (TPSA) is 74.6 Å². The lowest BCUT2D eigenvalue weighted by Crippen LogP contribution is -2.06. The van der Waals surface area contributed by atoms with Crippen LogP contribution >= 0.6 is 0 Å². The summed E-state index contributed by atoms with van der Waals surface area (Å²) < 4.78 is 0. The first kappa shape index (κ1) is 17.2. The Morgan fingerprint density at radius 2 is 1.71 bits per heavy atom. The van der Waals surface area contributed by atoms with Gasteiger partial charge in [-0.05, 0) is 42.7 Å². The fourth-order valence-corrected chi connectivity index (χ4v) is 2.51. The second kappa shape index (κ2) is 9.16. The minimum atomic E-state index is -0.758. The van der Waals surface area contributed by atoms with E-state index in [1.165, 1.54) is 5.56 Å². The van der Waals surface area contributed by atoms with Gasteiger partial charge in [-0.25, -0.2) is 0 Å².